The Balaban J connectivity index is 3.06. The fourth-order valence-electron chi connectivity index (χ4n) is 1.48. The van der Waals surface area contributed by atoms with E-state index in [0.717, 1.165) is 0 Å². The van der Waals surface area contributed by atoms with Crippen LogP contribution < -0.4 is 5.43 Å². The number of rotatable bonds is 0. The van der Waals surface area contributed by atoms with Gasteiger partial charge in [0.25, 0.3) is 0 Å². The summed E-state index contributed by atoms with van der Waals surface area (Å²) in [4.78, 5) is 11.5. The molecule has 0 aliphatic heterocycles. The minimum atomic E-state index is -0.0237. The van der Waals surface area contributed by atoms with E-state index < -0.39 is 0 Å². The summed E-state index contributed by atoms with van der Waals surface area (Å²) in [6, 6.07) is 1.48. The number of fused-ring (bicyclic) bond motifs is 1. The molecule has 0 saturated heterocycles. The zero-order valence-electron chi connectivity index (χ0n) is 7.79. The Bertz CT molecular complexity index is 522. The van der Waals surface area contributed by atoms with Crippen molar-refractivity contribution in [2.45, 2.75) is 13.8 Å². The van der Waals surface area contributed by atoms with Crippen LogP contribution >= 0.6 is 0 Å². The van der Waals surface area contributed by atoms with Crippen LogP contribution in [0, 0.1) is 13.8 Å². The molecule has 0 fully saturated rings. The summed E-state index contributed by atoms with van der Waals surface area (Å²) in [6.07, 6.45) is 0. The van der Waals surface area contributed by atoms with Crippen LogP contribution in [0.2, 0.25) is 0 Å². The molecule has 0 saturated carbocycles. The number of aromatic nitrogens is 2. The van der Waals surface area contributed by atoms with E-state index in [4.69, 9.17) is 4.42 Å². The van der Waals surface area contributed by atoms with Crippen molar-refractivity contribution in [2.75, 3.05) is 0 Å². The monoisotopic (exact) mass is 178 g/mol. The number of nitrogens with zero attached hydrogens (tertiary/aromatic N) is 2. The first-order valence-corrected chi connectivity index (χ1v) is 4.03. The minimum Gasteiger partial charge on any atom is -0.443 e. The molecule has 2 aromatic rings. The van der Waals surface area contributed by atoms with Crippen LogP contribution in [-0.4, -0.2) is 9.78 Å². The third-order valence-electron chi connectivity index (χ3n) is 2.01. The molecule has 2 rings (SSSR count). The topological polar surface area (TPSA) is 48.0 Å². The molecule has 2 heterocycles. The molecule has 2 aromatic heterocycles. The molecule has 0 aromatic carbocycles. The fourth-order valence-corrected chi connectivity index (χ4v) is 1.48. The van der Waals surface area contributed by atoms with Gasteiger partial charge in [0.15, 0.2) is 5.43 Å². The molecule has 68 valence electrons. The standard InChI is InChI=1S/C9H10N2O2/c1-5-4-7(12)8-6(2)10-11(3)9(8)13-5/h4H,1-3H3. The first-order valence-electron chi connectivity index (χ1n) is 4.03. The smallest absolute Gasteiger partial charge is 0.228 e. The quantitative estimate of drug-likeness (QED) is 0.607. The lowest BCUT2D eigenvalue weighted by atomic mass is 10.3. The Kier molecular flexibility index (Phi) is 1.52. The molecule has 0 bridgehead atoms. The van der Waals surface area contributed by atoms with Gasteiger partial charge in [-0.1, -0.05) is 0 Å². The molecule has 0 aliphatic rings. The first-order chi connectivity index (χ1) is 6.09. The van der Waals surface area contributed by atoms with Crippen LogP contribution in [0.5, 0.6) is 0 Å². The molecule has 0 aliphatic carbocycles. The van der Waals surface area contributed by atoms with Gasteiger partial charge >= 0.3 is 0 Å². The highest BCUT2D eigenvalue weighted by Crippen LogP contribution is 2.13. The van der Waals surface area contributed by atoms with E-state index >= 15 is 0 Å². The molecular formula is C9H10N2O2. The van der Waals surface area contributed by atoms with E-state index in [0.29, 0.717) is 22.6 Å². The Morgan fingerprint density at radius 1 is 1.46 bits per heavy atom. The van der Waals surface area contributed by atoms with Gasteiger partial charge in [-0.15, -0.1) is 0 Å². The van der Waals surface area contributed by atoms with Gasteiger partial charge in [0.2, 0.25) is 5.71 Å². The van der Waals surface area contributed by atoms with Crippen LogP contribution in [-0.2, 0) is 7.05 Å². The highest BCUT2D eigenvalue weighted by molar-refractivity contribution is 5.75. The third kappa shape index (κ3) is 1.06. The van der Waals surface area contributed by atoms with Crippen LogP contribution in [0.15, 0.2) is 15.3 Å². The largest absolute Gasteiger partial charge is 0.443 e. The fraction of sp³-hybridized carbons (Fsp3) is 0.333. The average molecular weight is 178 g/mol. The van der Waals surface area contributed by atoms with Crippen molar-refractivity contribution in [3.63, 3.8) is 0 Å². The Morgan fingerprint density at radius 3 is 2.85 bits per heavy atom. The van der Waals surface area contributed by atoms with Gasteiger partial charge < -0.3 is 4.42 Å². The van der Waals surface area contributed by atoms with Crippen molar-refractivity contribution in [3.8, 4) is 0 Å². The number of hydrogen-bond acceptors (Lipinski definition) is 3. The van der Waals surface area contributed by atoms with Crippen molar-refractivity contribution in [1.82, 2.24) is 9.78 Å². The first kappa shape index (κ1) is 8.04. The second-order valence-electron chi connectivity index (χ2n) is 3.11. The molecule has 0 unspecified atom stereocenters. The Labute approximate surface area is 74.8 Å². The molecule has 0 spiro atoms. The molecular weight excluding hydrogens is 168 g/mol. The molecule has 0 N–H and O–H groups in total. The Morgan fingerprint density at radius 2 is 2.15 bits per heavy atom. The van der Waals surface area contributed by atoms with Gasteiger partial charge in [0, 0.05) is 13.1 Å². The van der Waals surface area contributed by atoms with Crippen LogP contribution in [0.3, 0.4) is 0 Å². The second kappa shape index (κ2) is 2.45. The molecule has 13 heavy (non-hydrogen) atoms. The average Bonchev–Trinajstić information content (AvgIpc) is 2.27. The van der Waals surface area contributed by atoms with E-state index in [1.165, 1.54) is 6.07 Å². The molecule has 0 amide bonds. The summed E-state index contributed by atoms with van der Waals surface area (Å²) >= 11 is 0. The highest BCUT2D eigenvalue weighted by Gasteiger charge is 2.10. The number of hydrogen-bond donors (Lipinski definition) is 0. The highest BCUT2D eigenvalue weighted by atomic mass is 16.3. The maximum atomic E-state index is 11.5. The third-order valence-corrected chi connectivity index (χ3v) is 2.01. The van der Waals surface area contributed by atoms with Gasteiger partial charge in [0.05, 0.1) is 5.69 Å². The van der Waals surface area contributed by atoms with Gasteiger partial charge in [0.1, 0.15) is 11.1 Å². The lowest BCUT2D eigenvalue weighted by molar-refractivity contribution is 0.527. The molecule has 4 heteroatoms. The zero-order chi connectivity index (χ0) is 9.59. The van der Waals surface area contributed by atoms with Crippen LogP contribution in [0.1, 0.15) is 11.5 Å². The van der Waals surface area contributed by atoms with E-state index in [1.54, 1.807) is 25.6 Å². The lowest BCUT2D eigenvalue weighted by Crippen LogP contribution is -2.00. The second-order valence-corrected chi connectivity index (χ2v) is 3.11. The lowest BCUT2D eigenvalue weighted by Gasteiger charge is -1.94. The predicted molar refractivity (Wildman–Crippen MR) is 48.7 cm³/mol. The summed E-state index contributed by atoms with van der Waals surface area (Å²) in [5.74, 6) is 0.612. The van der Waals surface area contributed by atoms with Crippen LogP contribution in [0.4, 0.5) is 0 Å². The summed E-state index contributed by atoms with van der Waals surface area (Å²) in [7, 11) is 1.76. The normalized spacial score (nSPS) is 11.0. The summed E-state index contributed by atoms with van der Waals surface area (Å²) in [6.45, 7) is 3.55. The van der Waals surface area contributed by atoms with Gasteiger partial charge in [-0.25, -0.2) is 4.68 Å². The van der Waals surface area contributed by atoms with Gasteiger partial charge in [-0.2, -0.15) is 5.10 Å². The summed E-state index contributed by atoms with van der Waals surface area (Å²) in [5, 5.41) is 4.69. The number of aryl methyl sites for hydroxylation is 3. The van der Waals surface area contributed by atoms with Crippen LogP contribution in [0.25, 0.3) is 11.1 Å². The Hall–Kier alpha value is -1.58. The van der Waals surface area contributed by atoms with E-state index in [9.17, 15) is 4.79 Å². The maximum Gasteiger partial charge on any atom is 0.228 e. The molecule has 0 atom stereocenters. The summed E-state index contributed by atoms with van der Waals surface area (Å²) in [5.41, 5.74) is 1.23. The zero-order valence-corrected chi connectivity index (χ0v) is 7.79. The summed E-state index contributed by atoms with van der Waals surface area (Å²) < 4.78 is 6.98. The SMILES string of the molecule is Cc1cc(=O)c2c(C)nn(C)c2o1. The van der Waals surface area contributed by atoms with Gasteiger partial charge in [-0.05, 0) is 13.8 Å². The predicted octanol–water partition coefficient (Wildman–Crippen LogP) is 1.14. The molecule has 4 nitrogen and oxygen atoms in total. The van der Waals surface area contributed by atoms with E-state index in [-0.39, 0.29) is 5.43 Å². The van der Waals surface area contributed by atoms with E-state index in [2.05, 4.69) is 5.10 Å². The van der Waals surface area contributed by atoms with Crippen molar-refractivity contribution >= 4 is 11.1 Å². The van der Waals surface area contributed by atoms with Crippen molar-refractivity contribution in [3.05, 3.63) is 27.7 Å². The molecule has 0 radical (unpaired) electrons. The van der Waals surface area contributed by atoms with E-state index in [1.807, 2.05) is 0 Å². The van der Waals surface area contributed by atoms with Crippen molar-refractivity contribution in [2.24, 2.45) is 7.05 Å². The maximum absolute atomic E-state index is 11.5. The van der Waals surface area contributed by atoms with Crippen molar-refractivity contribution < 1.29 is 4.42 Å². The van der Waals surface area contributed by atoms with Crippen molar-refractivity contribution in [1.29, 1.82) is 0 Å². The minimum absolute atomic E-state index is 0.0237. The van der Waals surface area contributed by atoms with Gasteiger partial charge in [-0.3, -0.25) is 4.79 Å².